The maximum absolute atomic E-state index is 4.41. The van der Waals surface area contributed by atoms with Gasteiger partial charge in [0.15, 0.2) is 0 Å². The second kappa shape index (κ2) is 7.36. The fraction of sp³-hybridized carbons (Fsp3) is 0.444. The van der Waals surface area contributed by atoms with Crippen molar-refractivity contribution in [2.75, 3.05) is 18.4 Å². The fourth-order valence-corrected chi connectivity index (χ4v) is 2.98. The van der Waals surface area contributed by atoms with Crippen LogP contribution in [-0.4, -0.2) is 23.1 Å². The lowest BCUT2D eigenvalue weighted by molar-refractivity contribution is 0.354. The zero-order valence-electron chi connectivity index (χ0n) is 13.2. The summed E-state index contributed by atoms with van der Waals surface area (Å²) in [4.78, 5) is 8.77. The number of nitrogens with zero attached hydrogens (tertiary/aromatic N) is 2. The summed E-state index contributed by atoms with van der Waals surface area (Å²) in [6.45, 7) is 4.40. The molecule has 3 rings (SSSR count). The van der Waals surface area contributed by atoms with E-state index in [1.165, 1.54) is 37.9 Å². The Hall–Kier alpha value is -1.94. The van der Waals surface area contributed by atoms with Crippen LogP contribution in [0.25, 0.3) is 0 Å². The van der Waals surface area contributed by atoms with Crippen molar-refractivity contribution in [1.82, 2.24) is 15.3 Å². The van der Waals surface area contributed by atoms with E-state index in [9.17, 15) is 0 Å². The molecule has 0 aliphatic carbocycles. The number of piperidine rings is 1. The largest absolute Gasteiger partial charge is 0.325 e. The van der Waals surface area contributed by atoms with Gasteiger partial charge in [0.25, 0.3) is 0 Å². The van der Waals surface area contributed by atoms with Gasteiger partial charge in [-0.05, 0) is 80.9 Å². The Kier molecular flexibility index (Phi) is 5.01. The van der Waals surface area contributed by atoms with Gasteiger partial charge in [-0.15, -0.1) is 0 Å². The standard InChI is InChI=1S/C18H24N4/c1-14-3-2-9-21-18(14)22-17-13-16(8-12-20-17)5-4-15-6-10-19-11-7-15/h2-3,8-9,12-13,15,19H,4-7,10-11H2,1H3,(H,20,21,22). The zero-order chi connectivity index (χ0) is 15.2. The average Bonchev–Trinajstić information content (AvgIpc) is 2.57. The van der Waals surface area contributed by atoms with Crippen LogP contribution >= 0.6 is 0 Å². The number of anilines is 2. The molecule has 1 fully saturated rings. The number of hydrogen-bond acceptors (Lipinski definition) is 4. The monoisotopic (exact) mass is 296 g/mol. The lowest BCUT2D eigenvalue weighted by Crippen LogP contribution is -2.27. The topological polar surface area (TPSA) is 49.8 Å². The van der Waals surface area contributed by atoms with Crippen molar-refractivity contribution < 1.29 is 0 Å². The Bertz CT molecular complexity index is 606. The van der Waals surface area contributed by atoms with Crippen molar-refractivity contribution in [3.63, 3.8) is 0 Å². The molecule has 3 heterocycles. The second-order valence-corrected chi connectivity index (χ2v) is 6.08. The van der Waals surface area contributed by atoms with Crippen LogP contribution in [0.1, 0.15) is 30.4 Å². The summed E-state index contributed by atoms with van der Waals surface area (Å²) >= 11 is 0. The van der Waals surface area contributed by atoms with Crippen molar-refractivity contribution >= 4 is 11.6 Å². The molecule has 0 saturated carbocycles. The average molecular weight is 296 g/mol. The molecular formula is C18H24N4. The van der Waals surface area contributed by atoms with Crippen LogP contribution in [0.4, 0.5) is 11.6 Å². The lowest BCUT2D eigenvalue weighted by Gasteiger charge is -2.22. The van der Waals surface area contributed by atoms with Gasteiger partial charge in [0, 0.05) is 12.4 Å². The number of pyridine rings is 2. The summed E-state index contributed by atoms with van der Waals surface area (Å²) in [5, 5.41) is 6.75. The van der Waals surface area contributed by atoms with E-state index in [0.29, 0.717) is 0 Å². The van der Waals surface area contributed by atoms with Gasteiger partial charge in [0.05, 0.1) is 0 Å². The molecule has 0 radical (unpaired) electrons. The number of aryl methyl sites for hydroxylation is 2. The van der Waals surface area contributed by atoms with Gasteiger partial charge in [0.1, 0.15) is 11.6 Å². The summed E-state index contributed by atoms with van der Waals surface area (Å²) in [6, 6.07) is 8.27. The lowest BCUT2D eigenvalue weighted by atomic mass is 9.91. The third-order valence-electron chi connectivity index (χ3n) is 4.38. The van der Waals surface area contributed by atoms with Gasteiger partial charge >= 0.3 is 0 Å². The van der Waals surface area contributed by atoms with Crippen molar-refractivity contribution in [2.45, 2.75) is 32.6 Å². The highest BCUT2D eigenvalue weighted by atomic mass is 15.0. The molecule has 22 heavy (non-hydrogen) atoms. The molecule has 1 aliphatic heterocycles. The molecular weight excluding hydrogens is 272 g/mol. The van der Waals surface area contributed by atoms with Crippen LogP contribution < -0.4 is 10.6 Å². The molecule has 2 N–H and O–H groups in total. The van der Waals surface area contributed by atoms with E-state index < -0.39 is 0 Å². The summed E-state index contributed by atoms with van der Waals surface area (Å²) in [6.07, 6.45) is 8.71. The SMILES string of the molecule is Cc1cccnc1Nc1cc(CCC2CCNCC2)ccn1. The Morgan fingerprint density at radius 2 is 2.05 bits per heavy atom. The van der Waals surface area contributed by atoms with Crippen molar-refractivity contribution in [3.05, 3.63) is 47.8 Å². The Morgan fingerprint density at radius 3 is 2.86 bits per heavy atom. The molecule has 4 heteroatoms. The zero-order valence-corrected chi connectivity index (χ0v) is 13.2. The second-order valence-electron chi connectivity index (χ2n) is 6.08. The minimum absolute atomic E-state index is 0.865. The van der Waals surface area contributed by atoms with Gasteiger partial charge in [-0.1, -0.05) is 6.07 Å². The normalized spacial score (nSPS) is 15.7. The highest BCUT2D eigenvalue weighted by molar-refractivity contribution is 5.55. The molecule has 0 aromatic carbocycles. The van der Waals surface area contributed by atoms with Crippen molar-refractivity contribution in [2.24, 2.45) is 5.92 Å². The molecule has 2 aromatic rings. The van der Waals surface area contributed by atoms with Crippen molar-refractivity contribution in [3.8, 4) is 0 Å². The predicted molar refractivity (Wildman–Crippen MR) is 90.4 cm³/mol. The quantitative estimate of drug-likeness (QED) is 0.887. The predicted octanol–water partition coefficient (Wildman–Crippen LogP) is 3.46. The highest BCUT2D eigenvalue weighted by Crippen LogP contribution is 2.21. The minimum atomic E-state index is 0.865. The Labute approximate surface area is 132 Å². The van der Waals surface area contributed by atoms with E-state index >= 15 is 0 Å². The summed E-state index contributed by atoms with van der Waals surface area (Å²) < 4.78 is 0. The van der Waals surface area contributed by atoms with Gasteiger partial charge in [-0.25, -0.2) is 9.97 Å². The summed E-state index contributed by atoms with van der Waals surface area (Å²) in [5.74, 6) is 2.62. The number of rotatable bonds is 5. The molecule has 0 unspecified atom stereocenters. The van der Waals surface area contributed by atoms with Crippen LogP contribution in [0.2, 0.25) is 0 Å². The molecule has 0 atom stereocenters. The third-order valence-corrected chi connectivity index (χ3v) is 4.38. The first kappa shape index (κ1) is 15.0. The van der Waals surface area contributed by atoms with Gasteiger partial charge in [-0.3, -0.25) is 0 Å². The highest BCUT2D eigenvalue weighted by Gasteiger charge is 2.12. The van der Waals surface area contributed by atoms with E-state index in [0.717, 1.165) is 29.5 Å². The van der Waals surface area contributed by atoms with Gasteiger partial charge in [-0.2, -0.15) is 0 Å². The summed E-state index contributed by atoms with van der Waals surface area (Å²) in [7, 11) is 0. The molecule has 0 spiro atoms. The van der Waals surface area contributed by atoms with Crippen LogP contribution in [-0.2, 0) is 6.42 Å². The first-order chi connectivity index (χ1) is 10.8. The van der Waals surface area contributed by atoms with E-state index in [2.05, 4.69) is 45.7 Å². The maximum atomic E-state index is 4.41. The van der Waals surface area contributed by atoms with Crippen LogP contribution in [0.3, 0.4) is 0 Å². The molecule has 1 aliphatic rings. The van der Waals surface area contributed by atoms with Gasteiger partial charge < -0.3 is 10.6 Å². The van der Waals surface area contributed by atoms with E-state index in [4.69, 9.17) is 0 Å². The first-order valence-corrected chi connectivity index (χ1v) is 8.15. The first-order valence-electron chi connectivity index (χ1n) is 8.15. The van der Waals surface area contributed by atoms with Crippen LogP contribution in [0, 0.1) is 12.8 Å². The van der Waals surface area contributed by atoms with Crippen LogP contribution in [0.15, 0.2) is 36.7 Å². The van der Waals surface area contributed by atoms with E-state index in [1.54, 1.807) is 6.20 Å². The van der Waals surface area contributed by atoms with E-state index in [-0.39, 0.29) is 0 Å². The molecule has 0 amide bonds. The smallest absolute Gasteiger partial charge is 0.134 e. The number of aromatic nitrogens is 2. The van der Waals surface area contributed by atoms with Crippen molar-refractivity contribution in [1.29, 1.82) is 0 Å². The minimum Gasteiger partial charge on any atom is -0.325 e. The summed E-state index contributed by atoms with van der Waals surface area (Å²) in [5.41, 5.74) is 2.48. The molecule has 0 bridgehead atoms. The molecule has 1 saturated heterocycles. The van der Waals surface area contributed by atoms with Gasteiger partial charge in [0.2, 0.25) is 0 Å². The molecule has 2 aromatic heterocycles. The fourth-order valence-electron chi connectivity index (χ4n) is 2.98. The molecule has 116 valence electrons. The van der Waals surface area contributed by atoms with E-state index in [1.807, 2.05) is 12.3 Å². The Morgan fingerprint density at radius 1 is 1.18 bits per heavy atom. The molecule has 4 nitrogen and oxygen atoms in total. The number of hydrogen-bond donors (Lipinski definition) is 2. The third kappa shape index (κ3) is 4.04. The Balaban J connectivity index is 1.61. The number of nitrogens with one attached hydrogen (secondary N) is 2. The maximum Gasteiger partial charge on any atom is 0.134 e. The van der Waals surface area contributed by atoms with Crippen LogP contribution in [0.5, 0.6) is 0 Å².